The number of hydrogen-bond acceptors (Lipinski definition) is 7. The van der Waals surface area contributed by atoms with E-state index in [0.717, 1.165) is 11.6 Å². The summed E-state index contributed by atoms with van der Waals surface area (Å²) < 4.78 is 35.1. The van der Waals surface area contributed by atoms with Crippen LogP contribution < -0.4 is 9.64 Å². The monoisotopic (exact) mass is 428 g/mol. The van der Waals surface area contributed by atoms with Crippen molar-refractivity contribution in [2.45, 2.75) is 18.7 Å². The Labute approximate surface area is 176 Å². The molecule has 0 atom stereocenters. The summed E-state index contributed by atoms with van der Waals surface area (Å²) in [6.45, 7) is 5.96. The summed E-state index contributed by atoms with van der Waals surface area (Å²) in [5, 5.41) is 8.61. The van der Waals surface area contributed by atoms with Crippen LogP contribution in [0.4, 0.5) is 5.82 Å². The van der Waals surface area contributed by atoms with E-state index in [0.29, 0.717) is 44.4 Å². The Bertz CT molecular complexity index is 1110. The fraction of sp³-hybridized carbons (Fsp3) is 0.350. The molecular weight excluding hydrogens is 404 g/mol. The molecule has 9 nitrogen and oxygen atoms in total. The molecule has 10 heteroatoms. The Morgan fingerprint density at radius 3 is 2.33 bits per heavy atom. The van der Waals surface area contributed by atoms with Crippen LogP contribution in [-0.4, -0.2) is 65.3 Å². The van der Waals surface area contributed by atoms with E-state index in [1.165, 1.54) is 4.31 Å². The van der Waals surface area contributed by atoms with Crippen LogP contribution in [0.1, 0.15) is 12.7 Å². The lowest BCUT2D eigenvalue weighted by Gasteiger charge is -2.34. The van der Waals surface area contributed by atoms with Crippen molar-refractivity contribution in [1.82, 2.24) is 24.1 Å². The lowest BCUT2D eigenvalue weighted by Crippen LogP contribution is -2.49. The molecule has 0 saturated carbocycles. The van der Waals surface area contributed by atoms with Crippen molar-refractivity contribution in [2.75, 3.05) is 37.7 Å². The first kappa shape index (κ1) is 20.3. The summed E-state index contributed by atoms with van der Waals surface area (Å²) in [6, 6.07) is 10.6. The molecule has 1 aromatic carbocycles. The van der Waals surface area contributed by atoms with E-state index in [4.69, 9.17) is 4.74 Å². The number of hydrogen-bond donors (Lipinski definition) is 0. The third-order valence-electron chi connectivity index (χ3n) is 5.04. The minimum atomic E-state index is -3.63. The predicted octanol–water partition coefficient (Wildman–Crippen LogP) is 1.88. The summed E-state index contributed by atoms with van der Waals surface area (Å²) in [5.74, 6) is 2.65. The number of anilines is 1. The molecule has 2 aromatic heterocycles. The molecular formula is C20H24N6O3S. The van der Waals surface area contributed by atoms with Crippen molar-refractivity contribution in [2.24, 2.45) is 0 Å². The molecule has 3 aromatic rings. The van der Waals surface area contributed by atoms with Gasteiger partial charge >= 0.3 is 0 Å². The van der Waals surface area contributed by atoms with Crippen molar-refractivity contribution < 1.29 is 13.2 Å². The number of aryl methyl sites for hydroxylation is 1. The molecule has 1 aliphatic heterocycles. The zero-order valence-corrected chi connectivity index (χ0v) is 17.8. The first-order valence-corrected chi connectivity index (χ1v) is 11.3. The maximum absolute atomic E-state index is 13.1. The second kappa shape index (κ2) is 8.41. The molecule has 0 unspecified atom stereocenters. The molecule has 30 heavy (non-hydrogen) atoms. The Kier molecular flexibility index (Phi) is 5.69. The van der Waals surface area contributed by atoms with Gasteiger partial charge in [0.1, 0.15) is 16.5 Å². The molecule has 3 heterocycles. The largest absolute Gasteiger partial charge is 0.492 e. The van der Waals surface area contributed by atoms with Gasteiger partial charge in [-0.3, -0.25) is 4.57 Å². The van der Waals surface area contributed by atoms with E-state index in [9.17, 15) is 8.42 Å². The fourth-order valence-corrected chi connectivity index (χ4v) is 5.02. The normalized spacial score (nSPS) is 15.3. The van der Waals surface area contributed by atoms with Crippen molar-refractivity contribution in [3.63, 3.8) is 0 Å². The van der Waals surface area contributed by atoms with Crippen LogP contribution in [-0.2, 0) is 10.0 Å². The van der Waals surface area contributed by atoms with Gasteiger partial charge in [-0.25, -0.2) is 13.4 Å². The molecule has 0 bridgehead atoms. The molecule has 158 valence electrons. The molecule has 4 rings (SSSR count). The number of imidazole rings is 1. The molecule has 1 aliphatic rings. The van der Waals surface area contributed by atoms with Crippen LogP contribution in [0, 0.1) is 6.92 Å². The predicted molar refractivity (Wildman–Crippen MR) is 112 cm³/mol. The maximum Gasteiger partial charge on any atom is 0.246 e. The maximum atomic E-state index is 13.1. The van der Waals surface area contributed by atoms with E-state index in [1.54, 1.807) is 30.5 Å². The molecule has 0 radical (unpaired) electrons. The van der Waals surface area contributed by atoms with Gasteiger partial charge in [-0.05, 0) is 38.1 Å². The minimum absolute atomic E-state index is 0.208. The highest BCUT2D eigenvalue weighted by Gasteiger charge is 2.31. The van der Waals surface area contributed by atoms with Crippen molar-refractivity contribution >= 4 is 15.8 Å². The number of nitrogens with zero attached hydrogens (tertiary/aromatic N) is 6. The van der Waals surface area contributed by atoms with Crippen LogP contribution in [0.25, 0.3) is 5.82 Å². The van der Waals surface area contributed by atoms with E-state index in [2.05, 4.69) is 15.2 Å². The van der Waals surface area contributed by atoms with Crippen molar-refractivity contribution in [3.05, 3.63) is 54.6 Å². The van der Waals surface area contributed by atoms with E-state index >= 15 is 0 Å². The highest BCUT2D eigenvalue weighted by Crippen LogP contribution is 2.27. The van der Waals surface area contributed by atoms with Gasteiger partial charge in [-0.15, -0.1) is 10.2 Å². The molecule has 0 N–H and O–H groups in total. The van der Waals surface area contributed by atoms with Crippen LogP contribution in [0.5, 0.6) is 5.75 Å². The van der Waals surface area contributed by atoms with E-state index in [1.807, 2.05) is 41.6 Å². The molecule has 0 spiro atoms. The average molecular weight is 429 g/mol. The average Bonchev–Trinajstić information content (AvgIpc) is 3.20. The smallest absolute Gasteiger partial charge is 0.246 e. The van der Waals surface area contributed by atoms with Crippen LogP contribution in [0.2, 0.25) is 0 Å². The molecule has 0 aliphatic carbocycles. The Hall–Kier alpha value is -2.98. The zero-order chi connectivity index (χ0) is 21.1. The Morgan fingerprint density at radius 1 is 1.00 bits per heavy atom. The Morgan fingerprint density at radius 2 is 1.70 bits per heavy atom. The minimum Gasteiger partial charge on any atom is -0.492 e. The SMILES string of the molecule is CCOc1ccccc1S(=O)(=O)N1CCN(c2ccc(-n3ccnc3C)nn2)CC1. The van der Waals surface area contributed by atoms with Crippen LogP contribution >= 0.6 is 0 Å². The number of piperazine rings is 1. The van der Waals surface area contributed by atoms with E-state index in [-0.39, 0.29) is 4.90 Å². The molecule has 1 fully saturated rings. The second-order valence-corrected chi connectivity index (χ2v) is 8.77. The second-order valence-electron chi connectivity index (χ2n) is 6.87. The number of sulfonamides is 1. The number of benzene rings is 1. The lowest BCUT2D eigenvalue weighted by atomic mass is 10.3. The number of aromatic nitrogens is 4. The topological polar surface area (TPSA) is 93.5 Å². The standard InChI is InChI=1S/C20H24N6O3S/c1-3-29-17-6-4-5-7-18(17)30(27,28)25-14-12-24(13-15-25)19-8-9-20(23-22-19)26-11-10-21-16(26)2/h4-11H,3,12-15H2,1-2H3. The number of ether oxygens (including phenoxy) is 1. The Balaban J connectivity index is 1.46. The number of para-hydroxylation sites is 1. The molecule has 0 amide bonds. The van der Waals surface area contributed by atoms with Gasteiger partial charge in [0.25, 0.3) is 0 Å². The highest BCUT2D eigenvalue weighted by molar-refractivity contribution is 7.89. The summed E-state index contributed by atoms with van der Waals surface area (Å²) in [6.07, 6.45) is 3.55. The van der Waals surface area contributed by atoms with Gasteiger partial charge in [0, 0.05) is 38.6 Å². The van der Waals surface area contributed by atoms with Crippen LogP contribution in [0.15, 0.2) is 53.7 Å². The summed E-state index contributed by atoms with van der Waals surface area (Å²) >= 11 is 0. The van der Waals surface area contributed by atoms with Gasteiger partial charge in [0.05, 0.1) is 6.61 Å². The zero-order valence-electron chi connectivity index (χ0n) is 17.0. The lowest BCUT2D eigenvalue weighted by molar-refractivity contribution is 0.327. The summed E-state index contributed by atoms with van der Waals surface area (Å²) in [5.41, 5.74) is 0. The summed E-state index contributed by atoms with van der Waals surface area (Å²) in [4.78, 5) is 6.44. The number of rotatable bonds is 6. The molecule has 1 saturated heterocycles. The third-order valence-corrected chi connectivity index (χ3v) is 6.98. The van der Waals surface area contributed by atoms with Gasteiger partial charge in [0.2, 0.25) is 10.0 Å². The third kappa shape index (κ3) is 3.88. The van der Waals surface area contributed by atoms with E-state index < -0.39 is 10.0 Å². The quantitative estimate of drug-likeness (QED) is 0.592. The van der Waals surface area contributed by atoms with Gasteiger partial charge < -0.3 is 9.64 Å². The van der Waals surface area contributed by atoms with Crippen LogP contribution in [0.3, 0.4) is 0 Å². The van der Waals surface area contributed by atoms with Crippen molar-refractivity contribution in [1.29, 1.82) is 0 Å². The highest BCUT2D eigenvalue weighted by atomic mass is 32.2. The van der Waals surface area contributed by atoms with Gasteiger partial charge in [0.15, 0.2) is 11.6 Å². The first-order valence-electron chi connectivity index (χ1n) is 9.81. The fourth-order valence-electron chi connectivity index (χ4n) is 3.47. The van der Waals surface area contributed by atoms with Gasteiger partial charge in [-0.2, -0.15) is 4.31 Å². The first-order chi connectivity index (χ1) is 14.5. The summed E-state index contributed by atoms with van der Waals surface area (Å²) in [7, 11) is -3.63. The van der Waals surface area contributed by atoms with Crippen molar-refractivity contribution in [3.8, 4) is 11.6 Å². The van der Waals surface area contributed by atoms with Gasteiger partial charge in [-0.1, -0.05) is 12.1 Å².